The van der Waals surface area contributed by atoms with Crippen molar-refractivity contribution in [1.29, 1.82) is 0 Å². The Bertz CT molecular complexity index is 557. The van der Waals surface area contributed by atoms with E-state index in [9.17, 15) is 8.42 Å². The topological polar surface area (TPSA) is 37.4 Å². The molecular weight excluding hydrogens is 326 g/mol. The maximum atomic E-state index is 11.7. The molecule has 1 atom stereocenters. The number of hydrogen-bond acceptors (Lipinski definition) is 3. The fraction of sp³-hybridized carbons (Fsp3) is 0.571. The molecule has 0 aliphatic carbocycles. The van der Waals surface area contributed by atoms with Gasteiger partial charge in [-0.2, -0.15) is 0 Å². The molecule has 1 aliphatic rings. The molecule has 1 aromatic carbocycles. The lowest BCUT2D eigenvalue weighted by Gasteiger charge is -2.32. The van der Waals surface area contributed by atoms with E-state index < -0.39 is 9.84 Å². The minimum Gasteiger partial charge on any atom is -0.298 e. The molecule has 106 valence electrons. The van der Waals surface area contributed by atoms with Crippen molar-refractivity contribution in [2.75, 3.05) is 19.3 Å². The molecule has 3 nitrogen and oxygen atoms in total. The average molecular weight is 346 g/mol. The summed E-state index contributed by atoms with van der Waals surface area (Å²) in [5, 5.41) is -0.203. The molecule has 2 rings (SSSR count). The highest BCUT2D eigenvalue weighted by molar-refractivity contribution is 9.10. The van der Waals surface area contributed by atoms with Gasteiger partial charge in [-0.25, -0.2) is 8.42 Å². The third kappa shape index (κ3) is 4.04. The number of hydrogen-bond donors (Lipinski definition) is 0. The van der Waals surface area contributed by atoms with E-state index in [0.717, 1.165) is 30.4 Å². The maximum absolute atomic E-state index is 11.7. The summed E-state index contributed by atoms with van der Waals surface area (Å²) < 4.78 is 24.4. The van der Waals surface area contributed by atoms with Gasteiger partial charge in [0.1, 0.15) is 0 Å². The summed E-state index contributed by atoms with van der Waals surface area (Å²) in [7, 11) is -2.92. The van der Waals surface area contributed by atoms with Crippen LogP contribution in [0.5, 0.6) is 0 Å². The number of piperidine rings is 1. The highest BCUT2D eigenvalue weighted by Gasteiger charge is 2.27. The van der Waals surface area contributed by atoms with E-state index in [0.29, 0.717) is 6.54 Å². The molecule has 1 fully saturated rings. The van der Waals surface area contributed by atoms with Crippen LogP contribution in [0.3, 0.4) is 0 Å². The van der Waals surface area contributed by atoms with Gasteiger partial charge in [0.2, 0.25) is 0 Å². The molecule has 1 saturated heterocycles. The van der Waals surface area contributed by atoms with Gasteiger partial charge in [0.15, 0.2) is 9.84 Å². The van der Waals surface area contributed by atoms with Crippen molar-refractivity contribution in [3.05, 3.63) is 33.8 Å². The molecule has 1 heterocycles. The third-order valence-electron chi connectivity index (χ3n) is 3.67. The predicted octanol–water partition coefficient (Wildman–Crippen LogP) is 2.77. The van der Waals surface area contributed by atoms with Crippen molar-refractivity contribution in [3.8, 4) is 0 Å². The first-order valence-electron chi connectivity index (χ1n) is 6.52. The van der Waals surface area contributed by atoms with Crippen LogP contribution in [-0.2, 0) is 16.4 Å². The molecule has 19 heavy (non-hydrogen) atoms. The van der Waals surface area contributed by atoms with Gasteiger partial charge in [-0.1, -0.05) is 28.1 Å². The first-order valence-corrected chi connectivity index (χ1v) is 9.27. The van der Waals surface area contributed by atoms with E-state index in [1.54, 1.807) is 0 Å². The highest BCUT2D eigenvalue weighted by atomic mass is 79.9. The third-order valence-corrected chi connectivity index (χ3v) is 6.00. The second-order valence-corrected chi connectivity index (χ2v) is 8.60. The van der Waals surface area contributed by atoms with E-state index in [1.807, 2.05) is 0 Å². The quantitative estimate of drug-likeness (QED) is 0.845. The van der Waals surface area contributed by atoms with Crippen LogP contribution < -0.4 is 0 Å². The molecule has 0 spiro atoms. The minimum atomic E-state index is -2.92. The van der Waals surface area contributed by atoms with E-state index in [-0.39, 0.29) is 5.25 Å². The summed E-state index contributed by atoms with van der Waals surface area (Å²) in [5.41, 5.74) is 2.45. The van der Waals surface area contributed by atoms with Gasteiger partial charge >= 0.3 is 0 Å². The Morgan fingerprint density at radius 3 is 2.79 bits per heavy atom. The number of likely N-dealkylation sites (tertiary alicyclic amines) is 1. The zero-order valence-corrected chi connectivity index (χ0v) is 13.8. The van der Waals surface area contributed by atoms with E-state index in [1.165, 1.54) is 17.4 Å². The number of sulfone groups is 1. The fourth-order valence-electron chi connectivity index (χ4n) is 2.53. The zero-order valence-electron chi connectivity index (χ0n) is 11.4. The maximum Gasteiger partial charge on any atom is 0.151 e. The number of halogens is 1. The predicted molar refractivity (Wildman–Crippen MR) is 82.0 cm³/mol. The standard InChI is InChI=1S/C14H20BrNO2S/c1-11-5-6-12(14(15)8-11)9-16-7-3-4-13(10-16)19(2,17)18/h5-6,8,13H,3-4,7,9-10H2,1-2H3/t13-/m0/s1. The Labute approximate surface area is 124 Å². The molecule has 5 heteroatoms. The van der Waals surface area contributed by atoms with Gasteiger partial charge in [-0.05, 0) is 43.5 Å². The monoisotopic (exact) mass is 345 g/mol. The number of benzene rings is 1. The summed E-state index contributed by atoms with van der Waals surface area (Å²) >= 11 is 3.58. The second kappa shape index (κ2) is 5.94. The van der Waals surface area contributed by atoms with E-state index in [2.05, 4.69) is 46.0 Å². The van der Waals surface area contributed by atoms with Gasteiger partial charge < -0.3 is 0 Å². The Hall–Kier alpha value is -0.390. The van der Waals surface area contributed by atoms with Crippen LogP contribution in [0.1, 0.15) is 24.0 Å². The number of nitrogens with zero attached hydrogens (tertiary/aromatic N) is 1. The fourth-order valence-corrected chi connectivity index (χ4v) is 4.22. The Kier molecular flexibility index (Phi) is 4.69. The second-order valence-electron chi connectivity index (χ2n) is 5.42. The van der Waals surface area contributed by atoms with Gasteiger partial charge in [-0.3, -0.25) is 4.90 Å². The first-order chi connectivity index (χ1) is 8.86. The molecule has 0 unspecified atom stereocenters. The summed E-state index contributed by atoms with van der Waals surface area (Å²) in [6, 6.07) is 6.31. The SMILES string of the molecule is Cc1ccc(CN2CCC[C@H](S(C)(=O)=O)C2)c(Br)c1. The van der Waals surface area contributed by atoms with Crippen LogP contribution in [0.2, 0.25) is 0 Å². The summed E-state index contributed by atoms with van der Waals surface area (Å²) in [6.07, 6.45) is 3.11. The molecule has 0 radical (unpaired) electrons. The van der Waals surface area contributed by atoms with Gasteiger partial charge in [0, 0.05) is 23.8 Å². The first kappa shape index (κ1) is 15.0. The molecule has 1 aromatic rings. The summed E-state index contributed by atoms with van der Waals surface area (Å²) in [5.74, 6) is 0. The Morgan fingerprint density at radius 2 is 2.16 bits per heavy atom. The van der Waals surface area contributed by atoms with Crippen molar-refractivity contribution < 1.29 is 8.42 Å². The molecule has 0 amide bonds. The number of aryl methyl sites for hydroxylation is 1. The largest absolute Gasteiger partial charge is 0.298 e. The smallest absolute Gasteiger partial charge is 0.151 e. The normalized spacial score (nSPS) is 21.5. The van der Waals surface area contributed by atoms with Gasteiger partial charge in [-0.15, -0.1) is 0 Å². The molecule has 0 saturated carbocycles. The number of rotatable bonds is 3. The molecular formula is C14H20BrNO2S. The summed E-state index contributed by atoms with van der Waals surface area (Å²) in [4.78, 5) is 2.24. The Morgan fingerprint density at radius 1 is 1.42 bits per heavy atom. The van der Waals surface area contributed by atoms with Crippen molar-refractivity contribution in [3.63, 3.8) is 0 Å². The van der Waals surface area contributed by atoms with Gasteiger partial charge in [0.05, 0.1) is 5.25 Å². The van der Waals surface area contributed by atoms with Crippen LogP contribution in [0, 0.1) is 6.92 Å². The Balaban J connectivity index is 2.07. The van der Waals surface area contributed by atoms with Crippen LogP contribution in [0.15, 0.2) is 22.7 Å². The van der Waals surface area contributed by atoms with Crippen molar-refractivity contribution in [2.24, 2.45) is 0 Å². The van der Waals surface area contributed by atoms with Crippen LogP contribution >= 0.6 is 15.9 Å². The minimum absolute atomic E-state index is 0.203. The van der Waals surface area contributed by atoms with Crippen molar-refractivity contribution >= 4 is 25.8 Å². The average Bonchev–Trinajstić information content (AvgIpc) is 2.32. The zero-order chi connectivity index (χ0) is 14.0. The molecule has 0 bridgehead atoms. The molecule has 0 aromatic heterocycles. The lowest BCUT2D eigenvalue weighted by Crippen LogP contribution is -2.41. The molecule has 0 N–H and O–H groups in total. The summed E-state index contributed by atoms with van der Waals surface area (Å²) in [6.45, 7) is 4.51. The van der Waals surface area contributed by atoms with Gasteiger partial charge in [0.25, 0.3) is 0 Å². The molecule has 1 aliphatic heterocycles. The van der Waals surface area contributed by atoms with Crippen LogP contribution in [0.4, 0.5) is 0 Å². The van der Waals surface area contributed by atoms with Crippen molar-refractivity contribution in [2.45, 2.75) is 31.6 Å². The lowest BCUT2D eigenvalue weighted by atomic mass is 10.1. The van der Waals surface area contributed by atoms with Crippen molar-refractivity contribution in [1.82, 2.24) is 4.90 Å². The van der Waals surface area contributed by atoms with Crippen LogP contribution in [0.25, 0.3) is 0 Å². The van der Waals surface area contributed by atoms with E-state index in [4.69, 9.17) is 0 Å². The van der Waals surface area contributed by atoms with E-state index >= 15 is 0 Å². The highest BCUT2D eigenvalue weighted by Crippen LogP contribution is 2.23. The van der Waals surface area contributed by atoms with Crippen LogP contribution in [-0.4, -0.2) is 37.9 Å². The lowest BCUT2D eigenvalue weighted by molar-refractivity contribution is 0.222.